The van der Waals surface area contributed by atoms with Crippen LogP contribution in [0.5, 0.6) is 0 Å². The average Bonchev–Trinajstić information content (AvgIpc) is 3.28. The Hall–Kier alpha value is -2.70. The van der Waals surface area contributed by atoms with E-state index in [1.165, 1.54) is 25.7 Å². The van der Waals surface area contributed by atoms with Gasteiger partial charge in [-0.05, 0) is 95.0 Å². The van der Waals surface area contributed by atoms with Gasteiger partial charge in [0, 0.05) is 24.2 Å². The third-order valence-electron chi connectivity index (χ3n) is 11.2. The highest BCUT2D eigenvalue weighted by Gasteiger charge is 2.52. The summed E-state index contributed by atoms with van der Waals surface area (Å²) in [5.41, 5.74) is 1.84. The normalized spacial score (nSPS) is 37.1. The molecule has 0 radical (unpaired) electrons. The molecule has 0 N–H and O–H groups in total. The second kappa shape index (κ2) is 10.3. The van der Waals surface area contributed by atoms with Crippen molar-refractivity contribution in [1.82, 2.24) is 9.80 Å². The molecule has 4 bridgehead atoms. The molecule has 4 heterocycles. The van der Waals surface area contributed by atoms with Gasteiger partial charge in [0.05, 0.1) is 5.92 Å². The number of hydrogen-bond acceptors (Lipinski definition) is 6. The third-order valence-corrected chi connectivity index (χ3v) is 11.2. The Morgan fingerprint density at radius 2 is 1.23 bits per heavy atom. The predicted octanol–water partition coefficient (Wildman–Crippen LogP) is 5.19. The van der Waals surface area contributed by atoms with Crippen molar-refractivity contribution in [3.8, 4) is 0 Å². The van der Waals surface area contributed by atoms with Crippen LogP contribution in [0.1, 0.15) is 86.8 Å². The fourth-order valence-corrected chi connectivity index (χ4v) is 8.85. The molecule has 0 saturated carbocycles. The summed E-state index contributed by atoms with van der Waals surface area (Å²) in [5, 5.41) is 0. The molecule has 2 aromatic carbocycles. The van der Waals surface area contributed by atoms with Crippen molar-refractivity contribution in [2.75, 3.05) is 14.1 Å². The quantitative estimate of drug-likeness (QED) is 0.485. The SMILES string of the molecule is CN1[C@H]2CC[C@H]1CC(OC(=O)[C@@H]1CC[C@](C(=O)OC3C[C@@H]4CC[C@@H](C3)N4C)(c3ccccc3)c3ccccc31)C2. The second-order valence-corrected chi connectivity index (χ2v) is 13.1. The van der Waals surface area contributed by atoms with Gasteiger partial charge in [-0.2, -0.15) is 0 Å². The fraction of sp³-hybridized carbons (Fsp3) is 0.588. The molecule has 4 saturated heterocycles. The number of benzene rings is 2. The van der Waals surface area contributed by atoms with Gasteiger partial charge in [0.25, 0.3) is 0 Å². The second-order valence-electron chi connectivity index (χ2n) is 13.1. The fourth-order valence-electron chi connectivity index (χ4n) is 8.85. The van der Waals surface area contributed by atoms with E-state index in [4.69, 9.17) is 9.47 Å². The summed E-state index contributed by atoms with van der Waals surface area (Å²) in [4.78, 5) is 33.1. The first-order valence-corrected chi connectivity index (χ1v) is 15.4. The van der Waals surface area contributed by atoms with Crippen molar-refractivity contribution in [2.24, 2.45) is 0 Å². The minimum atomic E-state index is -0.927. The van der Waals surface area contributed by atoms with Crippen LogP contribution in [0.3, 0.4) is 0 Å². The van der Waals surface area contributed by atoms with Crippen LogP contribution in [0.15, 0.2) is 54.6 Å². The molecule has 0 spiro atoms. The Balaban J connectivity index is 1.18. The molecule has 4 fully saturated rings. The van der Waals surface area contributed by atoms with E-state index in [0.717, 1.165) is 42.4 Å². The lowest BCUT2D eigenvalue weighted by Crippen LogP contribution is -2.48. The number of rotatable bonds is 5. The first-order valence-electron chi connectivity index (χ1n) is 15.4. The maximum atomic E-state index is 14.4. The maximum Gasteiger partial charge on any atom is 0.321 e. The lowest BCUT2D eigenvalue weighted by atomic mass is 9.63. The van der Waals surface area contributed by atoms with Crippen LogP contribution in [0.2, 0.25) is 0 Å². The number of carbonyl (C=O) groups excluding carboxylic acids is 2. The van der Waals surface area contributed by atoms with Crippen LogP contribution in [0, 0.1) is 0 Å². The van der Waals surface area contributed by atoms with Crippen LogP contribution in [-0.2, 0) is 24.5 Å². The average molecular weight is 543 g/mol. The molecule has 6 atom stereocenters. The Labute approximate surface area is 238 Å². The van der Waals surface area contributed by atoms with Gasteiger partial charge in [-0.3, -0.25) is 9.59 Å². The zero-order valence-electron chi connectivity index (χ0n) is 23.8. The largest absolute Gasteiger partial charge is 0.462 e. The zero-order valence-corrected chi connectivity index (χ0v) is 23.8. The number of piperidine rings is 2. The van der Waals surface area contributed by atoms with E-state index in [1.54, 1.807) is 0 Å². The minimum Gasteiger partial charge on any atom is -0.462 e. The summed E-state index contributed by atoms with van der Waals surface area (Å²) in [7, 11) is 4.41. The van der Waals surface area contributed by atoms with Crippen molar-refractivity contribution in [1.29, 1.82) is 0 Å². The van der Waals surface area contributed by atoms with Crippen LogP contribution in [-0.4, -0.2) is 72.2 Å². The van der Waals surface area contributed by atoms with E-state index in [2.05, 4.69) is 23.9 Å². The molecule has 0 amide bonds. The molecule has 5 aliphatic rings. The highest BCUT2D eigenvalue weighted by molar-refractivity contribution is 5.91. The van der Waals surface area contributed by atoms with E-state index in [0.29, 0.717) is 37.0 Å². The van der Waals surface area contributed by atoms with Gasteiger partial charge >= 0.3 is 11.9 Å². The Morgan fingerprint density at radius 1 is 0.700 bits per heavy atom. The summed E-state index contributed by atoms with van der Waals surface area (Å²) >= 11 is 0. The summed E-state index contributed by atoms with van der Waals surface area (Å²) in [5.74, 6) is -0.667. The summed E-state index contributed by atoms with van der Waals surface area (Å²) in [6, 6.07) is 20.1. The highest BCUT2D eigenvalue weighted by atomic mass is 16.5. The van der Waals surface area contributed by atoms with Gasteiger partial charge in [0.15, 0.2) is 0 Å². The summed E-state index contributed by atoms with van der Waals surface area (Å²) in [6.45, 7) is 0. The van der Waals surface area contributed by atoms with Crippen molar-refractivity contribution < 1.29 is 19.1 Å². The topological polar surface area (TPSA) is 59.1 Å². The number of ether oxygens (including phenoxy) is 2. The third kappa shape index (κ3) is 4.30. The lowest BCUT2D eigenvalue weighted by Gasteiger charge is -2.42. The van der Waals surface area contributed by atoms with Crippen molar-refractivity contribution in [3.63, 3.8) is 0 Å². The first kappa shape index (κ1) is 26.2. The van der Waals surface area contributed by atoms with Crippen molar-refractivity contribution >= 4 is 11.9 Å². The first-order chi connectivity index (χ1) is 19.4. The van der Waals surface area contributed by atoms with Crippen LogP contribution in [0.4, 0.5) is 0 Å². The molecule has 2 aromatic rings. The van der Waals surface area contributed by atoms with Crippen LogP contribution >= 0.6 is 0 Å². The molecule has 1 aliphatic carbocycles. The van der Waals surface area contributed by atoms with E-state index in [1.807, 2.05) is 54.6 Å². The zero-order chi connectivity index (χ0) is 27.4. The Morgan fingerprint density at radius 3 is 1.82 bits per heavy atom. The lowest BCUT2D eigenvalue weighted by molar-refractivity contribution is -0.160. The van der Waals surface area contributed by atoms with Gasteiger partial charge < -0.3 is 19.3 Å². The van der Waals surface area contributed by atoms with E-state index >= 15 is 0 Å². The van der Waals surface area contributed by atoms with Gasteiger partial charge in [0.1, 0.15) is 17.6 Å². The van der Waals surface area contributed by atoms with E-state index in [9.17, 15) is 9.59 Å². The monoisotopic (exact) mass is 542 g/mol. The number of esters is 2. The molecule has 40 heavy (non-hydrogen) atoms. The van der Waals surface area contributed by atoms with Crippen molar-refractivity contribution in [3.05, 3.63) is 71.3 Å². The van der Waals surface area contributed by atoms with Gasteiger partial charge in [-0.25, -0.2) is 0 Å². The number of nitrogens with zero attached hydrogens (tertiary/aromatic N) is 2. The standard InChI is InChI=1S/C34H42N2O4/c1-35-23-12-13-24(35)19-27(18-23)39-32(37)30-16-17-34(22-8-4-3-5-9-22,31-11-7-6-10-29(30)31)33(38)40-28-20-25-14-15-26(21-28)36(25)2/h3-11,23-28,30H,12-21H2,1-2H3/t23-,24-,25-,26-,30+,34-/m0/s1. The van der Waals surface area contributed by atoms with Crippen molar-refractivity contribution in [2.45, 2.75) is 112 Å². The van der Waals surface area contributed by atoms with Gasteiger partial charge in [0.2, 0.25) is 0 Å². The molecule has 7 rings (SSSR count). The number of hydrogen-bond donors (Lipinski definition) is 0. The Kier molecular flexibility index (Phi) is 6.74. The molecular weight excluding hydrogens is 500 g/mol. The maximum absolute atomic E-state index is 14.4. The molecule has 0 unspecified atom stereocenters. The highest BCUT2D eigenvalue weighted by Crippen LogP contribution is 2.49. The van der Waals surface area contributed by atoms with Gasteiger partial charge in [-0.1, -0.05) is 54.6 Å². The molecule has 0 aromatic heterocycles. The summed E-state index contributed by atoms with van der Waals surface area (Å²) in [6.07, 6.45) is 9.44. The smallest absolute Gasteiger partial charge is 0.321 e. The van der Waals surface area contributed by atoms with E-state index < -0.39 is 5.41 Å². The van der Waals surface area contributed by atoms with Crippen LogP contribution in [0.25, 0.3) is 0 Å². The molecule has 212 valence electrons. The summed E-state index contributed by atoms with van der Waals surface area (Å²) < 4.78 is 12.7. The van der Waals surface area contributed by atoms with Crippen LogP contribution < -0.4 is 0 Å². The number of carbonyl (C=O) groups is 2. The molecular formula is C34H42N2O4. The minimum absolute atomic E-state index is 0.0149. The van der Waals surface area contributed by atoms with E-state index in [-0.39, 0.29) is 30.1 Å². The predicted molar refractivity (Wildman–Crippen MR) is 153 cm³/mol. The molecule has 6 nitrogen and oxygen atoms in total. The number of fused-ring (bicyclic) bond motifs is 5. The molecule has 4 aliphatic heterocycles. The molecule has 6 heteroatoms. The van der Waals surface area contributed by atoms with Gasteiger partial charge in [-0.15, -0.1) is 0 Å². The Bertz CT molecular complexity index is 1240.